The smallest absolute Gasteiger partial charge is 0.244 e. The lowest BCUT2D eigenvalue weighted by Crippen LogP contribution is -2.44. The van der Waals surface area contributed by atoms with Crippen molar-refractivity contribution in [1.82, 2.24) is 14.7 Å². The average molecular weight is 342 g/mol. The molecule has 2 atom stereocenters. The number of rotatable bonds is 6. The van der Waals surface area contributed by atoms with Gasteiger partial charge in [-0.2, -0.15) is 0 Å². The quantitative estimate of drug-likeness (QED) is 0.794. The van der Waals surface area contributed by atoms with Gasteiger partial charge in [-0.1, -0.05) is 31.9 Å². The molecule has 120 valence electrons. The molecule has 2 N–H and O–H groups in total. The molecule has 2 unspecified atom stereocenters. The number of halogens is 1. The molecule has 1 amide bonds. The van der Waals surface area contributed by atoms with E-state index in [1.165, 1.54) is 17.4 Å². The van der Waals surface area contributed by atoms with Gasteiger partial charge in [-0.15, -0.1) is 11.3 Å². The van der Waals surface area contributed by atoms with E-state index >= 15 is 0 Å². The highest BCUT2D eigenvalue weighted by molar-refractivity contribution is 7.15. The van der Waals surface area contributed by atoms with E-state index in [4.69, 9.17) is 11.6 Å². The van der Waals surface area contributed by atoms with E-state index < -0.39 is 5.60 Å². The number of fused-ring (bicyclic) bond motifs is 1. The third kappa shape index (κ3) is 3.69. The van der Waals surface area contributed by atoms with Gasteiger partial charge >= 0.3 is 0 Å². The van der Waals surface area contributed by atoms with Gasteiger partial charge in [0.25, 0.3) is 0 Å². The van der Waals surface area contributed by atoms with Crippen LogP contribution in [0.15, 0.2) is 17.7 Å². The number of thiazole rings is 1. The molecule has 0 bridgehead atoms. The second kappa shape index (κ2) is 6.81. The van der Waals surface area contributed by atoms with Crippen LogP contribution in [0.1, 0.15) is 32.9 Å². The van der Waals surface area contributed by atoms with Crippen molar-refractivity contribution in [3.05, 3.63) is 28.5 Å². The molecular weight excluding hydrogens is 322 g/mol. The maximum Gasteiger partial charge on any atom is 0.244 e. The van der Waals surface area contributed by atoms with Crippen molar-refractivity contribution in [2.24, 2.45) is 5.92 Å². The van der Waals surface area contributed by atoms with Crippen molar-refractivity contribution in [2.75, 3.05) is 6.54 Å². The number of aromatic nitrogens is 2. The Kier molecular flexibility index (Phi) is 5.26. The lowest BCUT2D eigenvalue weighted by atomic mass is 9.89. The summed E-state index contributed by atoms with van der Waals surface area (Å²) in [5.74, 6) is -0.170. The molecule has 0 fully saturated rings. The summed E-state index contributed by atoms with van der Waals surface area (Å²) in [6.07, 6.45) is 5.73. The van der Waals surface area contributed by atoms with Crippen LogP contribution in [0.5, 0.6) is 0 Å². The van der Waals surface area contributed by atoms with Gasteiger partial charge in [0, 0.05) is 24.2 Å². The van der Waals surface area contributed by atoms with Gasteiger partial charge in [0.05, 0.1) is 11.3 Å². The van der Waals surface area contributed by atoms with Gasteiger partial charge in [-0.25, -0.2) is 4.98 Å². The molecule has 0 saturated carbocycles. The van der Waals surface area contributed by atoms with Crippen molar-refractivity contribution >= 4 is 39.9 Å². The molecule has 0 saturated heterocycles. The number of imidazole rings is 1. The number of hydrogen-bond donors (Lipinski definition) is 2. The van der Waals surface area contributed by atoms with Crippen molar-refractivity contribution < 1.29 is 9.90 Å². The summed E-state index contributed by atoms with van der Waals surface area (Å²) >= 11 is 7.53. The number of carbonyl (C=O) groups excluding carboxylic acids is 1. The largest absolute Gasteiger partial charge is 0.388 e. The van der Waals surface area contributed by atoms with Crippen LogP contribution in [-0.2, 0) is 4.79 Å². The number of amides is 1. The van der Waals surface area contributed by atoms with Gasteiger partial charge < -0.3 is 10.4 Å². The van der Waals surface area contributed by atoms with E-state index in [1.807, 2.05) is 29.8 Å². The fraction of sp³-hybridized carbons (Fsp3) is 0.467. The molecule has 0 aromatic carbocycles. The van der Waals surface area contributed by atoms with Gasteiger partial charge in [-0.05, 0) is 18.9 Å². The Bertz CT molecular complexity index is 690. The molecule has 22 heavy (non-hydrogen) atoms. The van der Waals surface area contributed by atoms with E-state index in [-0.39, 0.29) is 18.4 Å². The van der Waals surface area contributed by atoms with Crippen LogP contribution in [0.3, 0.4) is 0 Å². The number of carbonyl (C=O) groups is 1. The van der Waals surface area contributed by atoms with E-state index in [9.17, 15) is 9.90 Å². The summed E-state index contributed by atoms with van der Waals surface area (Å²) < 4.78 is 1.83. The summed E-state index contributed by atoms with van der Waals surface area (Å²) in [5, 5.41) is 15.3. The summed E-state index contributed by atoms with van der Waals surface area (Å²) in [4.78, 5) is 16.9. The van der Waals surface area contributed by atoms with Crippen LogP contribution in [0.2, 0.25) is 5.15 Å². The van der Waals surface area contributed by atoms with Crippen LogP contribution in [0.25, 0.3) is 11.0 Å². The summed E-state index contributed by atoms with van der Waals surface area (Å²) in [5.41, 5.74) is -0.255. The monoisotopic (exact) mass is 341 g/mol. The fourth-order valence-electron chi connectivity index (χ4n) is 2.02. The van der Waals surface area contributed by atoms with E-state index in [2.05, 4.69) is 10.3 Å². The van der Waals surface area contributed by atoms with E-state index in [0.717, 1.165) is 11.4 Å². The molecular formula is C15H20ClN3O2S. The Labute approximate surface area is 138 Å². The molecule has 0 aliphatic carbocycles. The van der Waals surface area contributed by atoms with Crippen molar-refractivity contribution in [3.8, 4) is 0 Å². The molecule has 0 spiro atoms. The molecule has 0 aliphatic heterocycles. The van der Waals surface area contributed by atoms with Crippen LogP contribution in [0.4, 0.5) is 0 Å². The highest BCUT2D eigenvalue weighted by atomic mass is 35.5. The van der Waals surface area contributed by atoms with Crippen molar-refractivity contribution in [1.29, 1.82) is 0 Å². The molecule has 2 aromatic heterocycles. The predicted octanol–water partition coefficient (Wildman–Crippen LogP) is 2.98. The Morgan fingerprint density at radius 2 is 2.41 bits per heavy atom. The molecule has 2 aromatic rings. The first-order valence-electron chi connectivity index (χ1n) is 7.14. The van der Waals surface area contributed by atoms with Crippen LogP contribution in [-0.4, -0.2) is 32.5 Å². The Morgan fingerprint density at radius 3 is 3.09 bits per heavy atom. The van der Waals surface area contributed by atoms with Crippen LogP contribution in [0, 0.1) is 5.92 Å². The van der Waals surface area contributed by atoms with Gasteiger partial charge in [0.15, 0.2) is 10.1 Å². The standard InChI is InChI=1S/C15H20ClN3O2S/c1-4-10(2)15(3,21)9-17-12(20)6-5-11-13(16)18-14-19(11)7-8-22-14/h5-8,10,21H,4,9H2,1-3H3,(H,17,20). The molecule has 2 rings (SSSR count). The topological polar surface area (TPSA) is 66.6 Å². The second-order valence-electron chi connectivity index (χ2n) is 5.56. The van der Waals surface area contributed by atoms with E-state index in [0.29, 0.717) is 10.8 Å². The first-order chi connectivity index (χ1) is 10.3. The minimum absolute atomic E-state index is 0.103. The van der Waals surface area contributed by atoms with Crippen LogP contribution >= 0.6 is 22.9 Å². The third-order valence-electron chi connectivity index (χ3n) is 3.94. The molecule has 0 aliphatic rings. The molecule has 7 heteroatoms. The summed E-state index contributed by atoms with van der Waals surface area (Å²) in [7, 11) is 0. The molecule has 0 radical (unpaired) electrons. The van der Waals surface area contributed by atoms with Gasteiger partial charge in [-0.3, -0.25) is 9.20 Å². The first kappa shape index (κ1) is 17.0. The number of nitrogens with one attached hydrogen (secondary N) is 1. The maximum absolute atomic E-state index is 11.9. The maximum atomic E-state index is 11.9. The number of aliphatic hydroxyl groups is 1. The molecule has 5 nitrogen and oxygen atoms in total. The molecule has 2 heterocycles. The predicted molar refractivity (Wildman–Crippen MR) is 90.2 cm³/mol. The fourth-order valence-corrected chi connectivity index (χ4v) is 3.02. The average Bonchev–Trinajstić information content (AvgIpc) is 3.03. The number of nitrogens with zero attached hydrogens (tertiary/aromatic N) is 2. The lowest BCUT2D eigenvalue weighted by Gasteiger charge is -2.29. The van der Waals surface area contributed by atoms with Gasteiger partial charge in [0.2, 0.25) is 5.91 Å². The summed E-state index contributed by atoms with van der Waals surface area (Å²) in [6.45, 7) is 5.91. The van der Waals surface area contributed by atoms with Crippen LogP contribution < -0.4 is 5.32 Å². The zero-order valence-corrected chi connectivity index (χ0v) is 14.4. The highest BCUT2D eigenvalue weighted by Crippen LogP contribution is 2.22. The SMILES string of the molecule is CCC(C)C(C)(O)CNC(=O)C=Cc1c(Cl)nc2sccn12. The Hall–Kier alpha value is -1.37. The second-order valence-corrected chi connectivity index (χ2v) is 6.79. The summed E-state index contributed by atoms with van der Waals surface area (Å²) in [6, 6.07) is 0. The Balaban J connectivity index is 2.00. The lowest BCUT2D eigenvalue weighted by molar-refractivity contribution is -0.118. The first-order valence-corrected chi connectivity index (χ1v) is 8.40. The van der Waals surface area contributed by atoms with Gasteiger partial charge in [0.1, 0.15) is 0 Å². The normalized spacial score (nSPS) is 16.0. The minimum Gasteiger partial charge on any atom is -0.388 e. The minimum atomic E-state index is -0.923. The third-order valence-corrected chi connectivity index (χ3v) is 4.98. The van der Waals surface area contributed by atoms with Crippen molar-refractivity contribution in [2.45, 2.75) is 32.8 Å². The number of hydrogen-bond acceptors (Lipinski definition) is 4. The van der Waals surface area contributed by atoms with Crippen molar-refractivity contribution in [3.63, 3.8) is 0 Å². The zero-order chi connectivity index (χ0) is 16.3. The highest BCUT2D eigenvalue weighted by Gasteiger charge is 2.27. The zero-order valence-electron chi connectivity index (χ0n) is 12.8. The Morgan fingerprint density at radius 1 is 1.68 bits per heavy atom. The van der Waals surface area contributed by atoms with E-state index in [1.54, 1.807) is 13.0 Å².